The summed E-state index contributed by atoms with van der Waals surface area (Å²) in [4.78, 5) is 24.4. The molecule has 0 aliphatic rings. The van der Waals surface area contributed by atoms with Crippen LogP contribution in [0.1, 0.15) is 28.1 Å². The highest BCUT2D eigenvalue weighted by Crippen LogP contribution is 2.36. The molecule has 0 saturated carbocycles. The molecule has 7 heteroatoms. The van der Waals surface area contributed by atoms with Gasteiger partial charge in [-0.25, -0.2) is 0 Å². The highest BCUT2D eigenvalue weighted by atomic mass is 32.2. The maximum absolute atomic E-state index is 12.9. The minimum absolute atomic E-state index is 0.0426. The van der Waals surface area contributed by atoms with Gasteiger partial charge in [0.2, 0.25) is 5.91 Å². The van der Waals surface area contributed by atoms with Crippen LogP contribution in [0.25, 0.3) is 0 Å². The van der Waals surface area contributed by atoms with Crippen LogP contribution in [0.5, 0.6) is 0 Å². The number of ketones is 1. The zero-order chi connectivity index (χ0) is 17.6. The lowest BCUT2D eigenvalue weighted by molar-refractivity contribution is -0.115. The molecule has 1 atom stereocenters. The largest absolute Gasteiger partial charge is 0.325 e. The van der Waals surface area contributed by atoms with Crippen LogP contribution in [0, 0.1) is 0 Å². The van der Waals surface area contributed by atoms with E-state index in [0.29, 0.717) is 11.3 Å². The van der Waals surface area contributed by atoms with E-state index >= 15 is 0 Å². The first-order valence-electron chi connectivity index (χ1n) is 7.53. The van der Waals surface area contributed by atoms with Crippen molar-refractivity contribution in [3.05, 3.63) is 71.2 Å². The zero-order valence-corrected chi connectivity index (χ0v) is 15.0. The second kappa shape index (κ2) is 8.04. The Morgan fingerprint density at radius 3 is 2.60 bits per heavy atom. The molecule has 0 unspecified atom stereocenters. The maximum Gasteiger partial charge on any atom is 0.242 e. The standard InChI is InChI=1S/C18H15N3O2S2/c1-12(22)14-8-5-9-15(10-14)20-17(23)16(13-6-3-2-4-7-13)25-18-21-19-11-24-18/h2-11,16H,1H3,(H,20,23)/t16-/m1/s1. The molecule has 0 radical (unpaired) electrons. The lowest BCUT2D eigenvalue weighted by Gasteiger charge is -2.16. The van der Waals surface area contributed by atoms with Crippen LogP contribution in [0.3, 0.4) is 0 Å². The molecular formula is C18H15N3O2S2. The monoisotopic (exact) mass is 369 g/mol. The average molecular weight is 369 g/mol. The number of Topliss-reactive ketones (excluding diaryl/α,β-unsaturated/α-hetero) is 1. The molecule has 25 heavy (non-hydrogen) atoms. The second-order valence-corrected chi connectivity index (χ2v) is 7.42. The minimum atomic E-state index is -0.463. The van der Waals surface area contributed by atoms with Gasteiger partial charge in [0.25, 0.3) is 0 Å². The van der Waals surface area contributed by atoms with Crippen LogP contribution in [0.2, 0.25) is 0 Å². The van der Waals surface area contributed by atoms with Crippen LogP contribution in [0.4, 0.5) is 5.69 Å². The summed E-state index contributed by atoms with van der Waals surface area (Å²) in [5.74, 6) is -0.217. The van der Waals surface area contributed by atoms with Gasteiger partial charge in [0.05, 0.1) is 0 Å². The molecular weight excluding hydrogens is 354 g/mol. The topological polar surface area (TPSA) is 72.0 Å². The number of benzene rings is 2. The number of carbonyl (C=O) groups excluding carboxylic acids is 2. The fourth-order valence-electron chi connectivity index (χ4n) is 2.24. The molecule has 0 saturated heterocycles. The van der Waals surface area contributed by atoms with Gasteiger partial charge in [-0.1, -0.05) is 65.6 Å². The summed E-state index contributed by atoms with van der Waals surface area (Å²) in [6, 6.07) is 16.4. The van der Waals surface area contributed by atoms with Gasteiger partial charge in [-0.05, 0) is 24.6 Å². The molecule has 126 valence electrons. The lowest BCUT2D eigenvalue weighted by Crippen LogP contribution is -2.19. The van der Waals surface area contributed by atoms with Crippen LogP contribution in [0.15, 0.2) is 64.4 Å². The van der Waals surface area contributed by atoms with Crippen LogP contribution in [-0.2, 0) is 4.79 Å². The number of hydrogen-bond donors (Lipinski definition) is 1. The van der Waals surface area contributed by atoms with E-state index in [-0.39, 0.29) is 11.7 Å². The normalized spacial score (nSPS) is 11.7. The first-order valence-corrected chi connectivity index (χ1v) is 9.29. The summed E-state index contributed by atoms with van der Waals surface area (Å²) in [5.41, 5.74) is 3.67. The van der Waals surface area contributed by atoms with Crippen LogP contribution >= 0.6 is 23.1 Å². The number of carbonyl (C=O) groups is 2. The zero-order valence-electron chi connectivity index (χ0n) is 13.4. The van der Waals surface area contributed by atoms with Crippen molar-refractivity contribution >= 4 is 40.5 Å². The third kappa shape index (κ3) is 4.52. The summed E-state index contributed by atoms with van der Waals surface area (Å²) in [6.45, 7) is 1.50. The Bertz CT molecular complexity index is 867. The number of nitrogens with zero attached hydrogens (tertiary/aromatic N) is 2. The molecule has 1 amide bonds. The van der Waals surface area contributed by atoms with Crippen molar-refractivity contribution in [1.82, 2.24) is 10.2 Å². The maximum atomic E-state index is 12.9. The van der Waals surface area contributed by atoms with Gasteiger partial charge in [-0.3, -0.25) is 9.59 Å². The fourth-order valence-corrected chi connectivity index (χ4v) is 3.91. The highest BCUT2D eigenvalue weighted by molar-refractivity contribution is 8.01. The van der Waals surface area contributed by atoms with E-state index < -0.39 is 5.25 Å². The minimum Gasteiger partial charge on any atom is -0.325 e. The van der Waals surface area contributed by atoms with Crippen molar-refractivity contribution in [2.75, 3.05) is 5.32 Å². The number of thioether (sulfide) groups is 1. The van der Waals surface area contributed by atoms with Gasteiger partial charge in [-0.2, -0.15) is 0 Å². The van der Waals surface area contributed by atoms with Gasteiger partial charge in [0.15, 0.2) is 10.1 Å². The number of amides is 1. The summed E-state index contributed by atoms with van der Waals surface area (Å²) < 4.78 is 0.724. The van der Waals surface area contributed by atoms with E-state index in [1.807, 2.05) is 30.3 Å². The molecule has 0 spiro atoms. The first-order chi connectivity index (χ1) is 12.1. The van der Waals surface area contributed by atoms with Crippen LogP contribution < -0.4 is 5.32 Å². The van der Waals surface area contributed by atoms with Gasteiger partial charge in [0, 0.05) is 11.3 Å². The molecule has 5 nitrogen and oxygen atoms in total. The fraction of sp³-hybridized carbons (Fsp3) is 0.111. The molecule has 0 fully saturated rings. The first kappa shape index (κ1) is 17.3. The Balaban J connectivity index is 1.84. The Morgan fingerprint density at radius 1 is 1.12 bits per heavy atom. The molecule has 0 bridgehead atoms. The second-order valence-electron chi connectivity index (χ2n) is 5.24. The third-order valence-electron chi connectivity index (χ3n) is 3.44. The van der Waals surface area contributed by atoms with E-state index in [2.05, 4.69) is 15.5 Å². The molecule has 0 aliphatic carbocycles. The van der Waals surface area contributed by atoms with E-state index in [0.717, 1.165) is 9.90 Å². The van der Waals surface area contributed by atoms with Crippen molar-refractivity contribution in [1.29, 1.82) is 0 Å². The number of aromatic nitrogens is 2. The number of anilines is 1. The highest BCUT2D eigenvalue weighted by Gasteiger charge is 2.23. The van der Waals surface area contributed by atoms with Crippen molar-refractivity contribution in [3.8, 4) is 0 Å². The molecule has 3 rings (SSSR count). The number of nitrogens with one attached hydrogen (secondary N) is 1. The van der Waals surface area contributed by atoms with Crippen LogP contribution in [-0.4, -0.2) is 21.9 Å². The van der Waals surface area contributed by atoms with Gasteiger partial charge in [0.1, 0.15) is 10.8 Å². The number of hydrogen-bond acceptors (Lipinski definition) is 6. The Kier molecular flexibility index (Phi) is 5.57. The quantitative estimate of drug-likeness (QED) is 0.520. The van der Waals surface area contributed by atoms with Crippen molar-refractivity contribution in [2.45, 2.75) is 16.5 Å². The molecule has 1 heterocycles. The lowest BCUT2D eigenvalue weighted by atomic mass is 10.1. The van der Waals surface area contributed by atoms with Gasteiger partial charge >= 0.3 is 0 Å². The molecule has 2 aromatic carbocycles. The smallest absolute Gasteiger partial charge is 0.242 e. The molecule has 1 aromatic heterocycles. The van der Waals surface area contributed by atoms with E-state index in [4.69, 9.17) is 0 Å². The van der Waals surface area contributed by atoms with Gasteiger partial charge in [-0.15, -0.1) is 10.2 Å². The number of rotatable bonds is 6. The SMILES string of the molecule is CC(=O)c1cccc(NC(=O)[C@H](Sc2nncs2)c2ccccc2)c1. The molecule has 0 aliphatic heterocycles. The Morgan fingerprint density at radius 2 is 1.92 bits per heavy atom. The summed E-state index contributed by atoms with van der Waals surface area (Å²) in [6.07, 6.45) is 0. The van der Waals surface area contributed by atoms with Crippen molar-refractivity contribution in [2.24, 2.45) is 0 Å². The van der Waals surface area contributed by atoms with E-state index in [1.165, 1.54) is 30.0 Å². The van der Waals surface area contributed by atoms with Crippen molar-refractivity contribution < 1.29 is 9.59 Å². The predicted molar refractivity (Wildman–Crippen MR) is 100 cm³/mol. The summed E-state index contributed by atoms with van der Waals surface area (Å²) in [7, 11) is 0. The third-order valence-corrected chi connectivity index (χ3v) is 5.50. The Labute approximate surface area is 153 Å². The molecule has 1 N–H and O–H groups in total. The van der Waals surface area contributed by atoms with E-state index in [9.17, 15) is 9.59 Å². The van der Waals surface area contributed by atoms with E-state index in [1.54, 1.807) is 29.8 Å². The molecule has 3 aromatic rings. The predicted octanol–water partition coefficient (Wildman–Crippen LogP) is 4.21. The van der Waals surface area contributed by atoms with Gasteiger partial charge < -0.3 is 5.32 Å². The average Bonchev–Trinajstić information content (AvgIpc) is 3.14. The Hall–Kier alpha value is -2.51. The summed E-state index contributed by atoms with van der Waals surface area (Å²) >= 11 is 2.74. The summed E-state index contributed by atoms with van der Waals surface area (Å²) in [5, 5.41) is 10.3. The van der Waals surface area contributed by atoms with Crippen molar-refractivity contribution in [3.63, 3.8) is 0 Å².